The molecule has 0 saturated heterocycles. The SMILES string of the molecule is COc1ccc(-c2ccc3[nH]c(-c4c(F)cccc4F)cc3c2)c(C(F)(F)F)c1. The summed E-state index contributed by atoms with van der Waals surface area (Å²) in [6.45, 7) is 0. The average molecular weight is 403 g/mol. The molecule has 0 saturated carbocycles. The Bertz CT molecular complexity index is 1190. The molecule has 0 atom stereocenters. The molecule has 0 aliphatic rings. The van der Waals surface area contributed by atoms with Gasteiger partial charge in [0.25, 0.3) is 0 Å². The molecule has 1 N–H and O–H groups in total. The van der Waals surface area contributed by atoms with Crippen molar-refractivity contribution < 1.29 is 26.7 Å². The predicted molar refractivity (Wildman–Crippen MR) is 101 cm³/mol. The predicted octanol–water partition coefficient (Wildman–Crippen LogP) is 6.81. The second kappa shape index (κ2) is 6.92. The van der Waals surface area contributed by atoms with Crippen molar-refractivity contribution in [2.45, 2.75) is 6.18 Å². The molecule has 0 radical (unpaired) electrons. The van der Waals surface area contributed by atoms with Crippen molar-refractivity contribution in [2.24, 2.45) is 0 Å². The maximum Gasteiger partial charge on any atom is 0.417 e. The van der Waals surface area contributed by atoms with Gasteiger partial charge in [-0.3, -0.25) is 0 Å². The standard InChI is InChI=1S/C22H14F5NO/c1-29-14-6-7-15(16(11-14)22(25,26)27)12-5-8-19-13(9-12)10-20(28-19)21-17(23)3-2-4-18(21)24/h2-11,28H,1H3. The highest BCUT2D eigenvalue weighted by Crippen LogP contribution is 2.40. The highest BCUT2D eigenvalue weighted by atomic mass is 19.4. The van der Waals surface area contributed by atoms with Crippen LogP contribution in [-0.2, 0) is 6.18 Å². The summed E-state index contributed by atoms with van der Waals surface area (Å²) in [6.07, 6.45) is -4.57. The molecule has 0 bridgehead atoms. The summed E-state index contributed by atoms with van der Waals surface area (Å²) in [5.74, 6) is -1.36. The van der Waals surface area contributed by atoms with Crippen LogP contribution in [0, 0.1) is 11.6 Å². The van der Waals surface area contributed by atoms with Gasteiger partial charge in [0, 0.05) is 10.9 Å². The first kappa shape index (κ1) is 19.0. The number of rotatable bonds is 3. The van der Waals surface area contributed by atoms with Gasteiger partial charge in [0.1, 0.15) is 17.4 Å². The van der Waals surface area contributed by atoms with Crippen LogP contribution in [0.4, 0.5) is 22.0 Å². The minimum Gasteiger partial charge on any atom is -0.497 e. The Morgan fingerprint density at radius 3 is 2.24 bits per heavy atom. The molecule has 0 amide bonds. The summed E-state index contributed by atoms with van der Waals surface area (Å²) < 4.78 is 73.6. The quantitative estimate of drug-likeness (QED) is 0.374. The van der Waals surface area contributed by atoms with Crippen LogP contribution in [0.25, 0.3) is 33.3 Å². The minimum absolute atomic E-state index is 0.0139. The van der Waals surface area contributed by atoms with Crippen molar-refractivity contribution in [1.29, 1.82) is 0 Å². The van der Waals surface area contributed by atoms with E-state index in [-0.39, 0.29) is 22.6 Å². The van der Waals surface area contributed by atoms with Crippen molar-refractivity contribution in [2.75, 3.05) is 7.11 Å². The first-order chi connectivity index (χ1) is 13.8. The van der Waals surface area contributed by atoms with E-state index in [1.54, 1.807) is 12.1 Å². The van der Waals surface area contributed by atoms with Crippen LogP contribution in [0.15, 0.2) is 60.7 Å². The van der Waals surface area contributed by atoms with Crippen molar-refractivity contribution in [3.05, 3.63) is 77.9 Å². The lowest BCUT2D eigenvalue weighted by molar-refractivity contribution is -0.137. The van der Waals surface area contributed by atoms with Crippen molar-refractivity contribution >= 4 is 10.9 Å². The van der Waals surface area contributed by atoms with Crippen LogP contribution in [0.3, 0.4) is 0 Å². The highest BCUT2D eigenvalue weighted by Gasteiger charge is 2.34. The Morgan fingerprint density at radius 2 is 1.59 bits per heavy atom. The summed E-state index contributed by atoms with van der Waals surface area (Å²) in [6, 6.07) is 13.4. The molecular formula is C22H14F5NO. The second-order valence-electron chi connectivity index (χ2n) is 6.49. The zero-order valence-corrected chi connectivity index (χ0v) is 15.1. The number of H-pyrrole nitrogens is 1. The second-order valence-corrected chi connectivity index (χ2v) is 6.49. The number of nitrogens with one attached hydrogen (secondary N) is 1. The minimum atomic E-state index is -4.57. The fraction of sp³-hybridized carbons (Fsp3) is 0.0909. The van der Waals surface area contributed by atoms with E-state index in [0.29, 0.717) is 16.5 Å². The molecule has 29 heavy (non-hydrogen) atoms. The number of hydrogen-bond acceptors (Lipinski definition) is 1. The molecule has 1 heterocycles. The molecule has 4 rings (SSSR count). The zero-order valence-electron chi connectivity index (χ0n) is 15.1. The summed E-state index contributed by atoms with van der Waals surface area (Å²) in [5, 5.41) is 0.532. The molecular weight excluding hydrogens is 389 g/mol. The number of aromatic nitrogens is 1. The third-order valence-corrected chi connectivity index (χ3v) is 4.70. The summed E-state index contributed by atoms with van der Waals surface area (Å²) in [7, 11) is 1.30. The molecule has 148 valence electrons. The maximum atomic E-state index is 14.1. The number of aromatic amines is 1. The number of fused-ring (bicyclic) bond motifs is 1. The van der Waals surface area contributed by atoms with Crippen molar-refractivity contribution in [3.8, 4) is 28.1 Å². The van der Waals surface area contributed by atoms with E-state index < -0.39 is 23.4 Å². The van der Waals surface area contributed by atoms with E-state index in [0.717, 1.165) is 18.2 Å². The van der Waals surface area contributed by atoms with Gasteiger partial charge in [0.15, 0.2) is 0 Å². The molecule has 2 nitrogen and oxygen atoms in total. The lowest BCUT2D eigenvalue weighted by atomic mass is 9.98. The summed E-state index contributed by atoms with van der Waals surface area (Å²) in [4.78, 5) is 2.91. The number of halogens is 5. The molecule has 0 aliphatic heterocycles. The topological polar surface area (TPSA) is 25.0 Å². The van der Waals surface area contributed by atoms with Crippen molar-refractivity contribution in [1.82, 2.24) is 4.98 Å². The third kappa shape index (κ3) is 3.44. The Hall–Kier alpha value is -3.35. The fourth-order valence-electron chi connectivity index (χ4n) is 3.33. The fourth-order valence-corrected chi connectivity index (χ4v) is 3.33. The van der Waals surface area contributed by atoms with E-state index in [1.165, 1.54) is 37.4 Å². The Morgan fingerprint density at radius 1 is 0.862 bits per heavy atom. The lowest BCUT2D eigenvalue weighted by Crippen LogP contribution is -2.07. The molecule has 0 unspecified atom stereocenters. The van der Waals surface area contributed by atoms with E-state index in [4.69, 9.17) is 4.74 Å². The number of methoxy groups -OCH3 is 1. The van der Waals surface area contributed by atoms with Crippen LogP contribution in [0.2, 0.25) is 0 Å². The van der Waals surface area contributed by atoms with Crippen molar-refractivity contribution in [3.63, 3.8) is 0 Å². The molecule has 7 heteroatoms. The molecule has 0 aliphatic carbocycles. The average Bonchev–Trinajstić information content (AvgIpc) is 3.09. The number of ether oxygens (including phenoxy) is 1. The van der Waals surface area contributed by atoms with Gasteiger partial charge >= 0.3 is 6.18 Å². The van der Waals surface area contributed by atoms with E-state index in [9.17, 15) is 22.0 Å². The smallest absolute Gasteiger partial charge is 0.417 e. The van der Waals surface area contributed by atoms with Gasteiger partial charge in [-0.05, 0) is 53.6 Å². The first-order valence-electron chi connectivity index (χ1n) is 8.60. The van der Waals surface area contributed by atoms with E-state index >= 15 is 0 Å². The monoisotopic (exact) mass is 403 g/mol. The van der Waals surface area contributed by atoms with Crippen LogP contribution in [0.1, 0.15) is 5.56 Å². The Kier molecular flexibility index (Phi) is 4.53. The molecule has 3 aromatic carbocycles. The highest BCUT2D eigenvalue weighted by molar-refractivity contribution is 5.90. The van der Waals surface area contributed by atoms with E-state index in [2.05, 4.69) is 4.98 Å². The maximum absolute atomic E-state index is 14.1. The molecule has 4 aromatic rings. The Balaban J connectivity index is 1.86. The van der Waals surface area contributed by atoms with Gasteiger partial charge in [-0.15, -0.1) is 0 Å². The van der Waals surface area contributed by atoms with Crippen LogP contribution in [0.5, 0.6) is 5.75 Å². The van der Waals surface area contributed by atoms with Crippen LogP contribution in [-0.4, -0.2) is 12.1 Å². The van der Waals surface area contributed by atoms with Gasteiger partial charge in [0.05, 0.1) is 23.9 Å². The molecule has 1 aromatic heterocycles. The normalized spacial score (nSPS) is 11.8. The number of hydrogen-bond donors (Lipinski definition) is 1. The van der Waals surface area contributed by atoms with E-state index in [1.807, 2.05) is 0 Å². The molecule has 0 spiro atoms. The number of benzene rings is 3. The lowest BCUT2D eigenvalue weighted by Gasteiger charge is -2.14. The van der Waals surface area contributed by atoms with Gasteiger partial charge < -0.3 is 9.72 Å². The van der Waals surface area contributed by atoms with Gasteiger partial charge in [-0.2, -0.15) is 13.2 Å². The van der Waals surface area contributed by atoms with Gasteiger partial charge in [-0.1, -0.05) is 18.2 Å². The Labute approximate surface area is 162 Å². The summed E-state index contributed by atoms with van der Waals surface area (Å²) >= 11 is 0. The summed E-state index contributed by atoms with van der Waals surface area (Å²) in [5.41, 5.74) is 0.0249. The van der Waals surface area contributed by atoms with Crippen LogP contribution < -0.4 is 4.74 Å². The van der Waals surface area contributed by atoms with Crippen LogP contribution >= 0.6 is 0 Å². The largest absolute Gasteiger partial charge is 0.497 e. The van der Waals surface area contributed by atoms with Gasteiger partial charge in [-0.25, -0.2) is 8.78 Å². The molecule has 0 fully saturated rings. The first-order valence-corrected chi connectivity index (χ1v) is 8.60. The van der Waals surface area contributed by atoms with Gasteiger partial charge in [0.2, 0.25) is 0 Å². The zero-order chi connectivity index (χ0) is 20.8. The third-order valence-electron chi connectivity index (χ3n) is 4.70. The number of alkyl halides is 3.